The molecular weight excluding hydrogens is 795 g/mol. The molecule has 4 amide bonds. The van der Waals surface area contributed by atoms with Crippen LogP contribution < -0.4 is 29.9 Å². The van der Waals surface area contributed by atoms with Crippen LogP contribution in [0.3, 0.4) is 0 Å². The number of benzene rings is 3. The number of H-pyrrole nitrogens is 1. The minimum absolute atomic E-state index is 0.0441. The van der Waals surface area contributed by atoms with E-state index in [9.17, 15) is 19.2 Å². The molecule has 3 aliphatic rings. The topological polar surface area (TPSA) is 158 Å². The predicted molar refractivity (Wildman–Crippen MR) is 235 cm³/mol. The summed E-state index contributed by atoms with van der Waals surface area (Å²) in [6.07, 6.45) is 8.03. The number of nitrogens with zero attached hydrogens (tertiary/aromatic N) is 4. The van der Waals surface area contributed by atoms with E-state index < -0.39 is 11.9 Å². The van der Waals surface area contributed by atoms with Crippen molar-refractivity contribution >= 4 is 62.4 Å². The number of para-hydroxylation sites is 1. The van der Waals surface area contributed by atoms with Gasteiger partial charge in [0.15, 0.2) is 5.13 Å². The third-order valence-electron chi connectivity index (χ3n) is 11.4. The molecule has 2 fully saturated rings. The highest BCUT2D eigenvalue weighted by molar-refractivity contribution is 7.17. The minimum atomic E-state index is -0.768. The van der Waals surface area contributed by atoms with E-state index in [-0.39, 0.29) is 36.6 Å². The van der Waals surface area contributed by atoms with Crippen molar-refractivity contribution < 1.29 is 33.4 Å². The molecule has 5 heterocycles. The van der Waals surface area contributed by atoms with Gasteiger partial charge in [0.1, 0.15) is 35.6 Å². The van der Waals surface area contributed by atoms with Gasteiger partial charge in [-0.3, -0.25) is 29.4 Å². The lowest BCUT2D eigenvalue weighted by Crippen LogP contribution is -2.52. The summed E-state index contributed by atoms with van der Waals surface area (Å²) in [7, 11) is 0. The van der Waals surface area contributed by atoms with Crippen LogP contribution in [0.2, 0.25) is 0 Å². The smallest absolute Gasteiger partial charge is 0.263 e. The summed E-state index contributed by atoms with van der Waals surface area (Å²) in [4.78, 5) is 65.1. The molecule has 0 radical (unpaired) electrons. The molecule has 8 rings (SSSR count). The highest BCUT2D eigenvalue weighted by Gasteiger charge is 2.41. The summed E-state index contributed by atoms with van der Waals surface area (Å²) >= 11 is 1.46. The number of ether oxygens (including phenoxy) is 3. The van der Waals surface area contributed by atoms with Crippen molar-refractivity contribution in [3.8, 4) is 11.5 Å². The van der Waals surface area contributed by atoms with Crippen molar-refractivity contribution in [2.75, 3.05) is 62.4 Å². The molecule has 0 aliphatic carbocycles. The lowest BCUT2D eigenvalue weighted by atomic mass is 10.0. The van der Waals surface area contributed by atoms with E-state index in [0.717, 1.165) is 73.9 Å². The Morgan fingerprint density at radius 2 is 1.67 bits per heavy atom. The van der Waals surface area contributed by atoms with Crippen molar-refractivity contribution in [2.45, 2.75) is 57.5 Å². The number of anilines is 2. The quantitative estimate of drug-likeness (QED) is 0.0687. The Morgan fingerprint density at radius 3 is 2.44 bits per heavy atom. The van der Waals surface area contributed by atoms with Crippen LogP contribution in [0.5, 0.6) is 11.5 Å². The van der Waals surface area contributed by atoms with Gasteiger partial charge < -0.3 is 34.3 Å². The van der Waals surface area contributed by atoms with Crippen LogP contribution in [0.15, 0.2) is 85.7 Å². The number of piperidine rings is 1. The fraction of sp³-hybridized carbons (Fsp3) is 0.370. The molecular formula is C46H51N7O7S. The van der Waals surface area contributed by atoms with Crippen LogP contribution in [0, 0.1) is 0 Å². The molecule has 3 aromatic carbocycles. The zero-order valence-corrected chi connectivity index (χ0v) is 35.1. The lowest BCUT2D eigenvalue weighted by molar-refractivity contribution is -0.136. The first-order valence-corrected chi connectivity index (χ1v) is 21.8. The zero-order chi connectivity index (χ0) is 42.3. The van der Waals surface area contributed by atoms with Crippen LogP contribution >= 0.6 is 11.3 Å². The number of carbonyl (C=O) groups is 4. The van der Waals surface area contributed by atoms with E-state index in [0.29, 0.717) is 53.9 Å². The predicted octanol–water partition coefficient (Wildman–Crippen LogP) is 6.19. The number of aromatic amines is 1. The summed E-state index contributed by atoms with van der Waals surface area (Å²) in [5.41, 5.74) is 4.92. The molecule has 318 valence electrons. The third-order valence-corrected chi connectivity index (χ3v) is 12.5. The average Bonchev–Trinajstić information content (AvgIpc) is 4.00. The number of hydrogen-bond donors (Lipinski definition) is 3. The first kappa shape index (κ1) is 41.5. The normalized spacial score (nSPS) is 17.1. The van der Waals surface area contributed by atoms with Gasteiger partial charge in [-0.2, -0.15) is 0 Å². The molecule has 2 aromatic heterocycles. The Morgan fingerprint density at radius 1 is 0.934 bits per heavy atom. The molecule has 0 bridgehead atoms. The van der Waals surface area contributed by atoms with E-state index >= 15 is 0 Å². The Hall–Kier alpha value is -6.19. The number of amides is 4. The molecule has 0 spiro atoms. The molecule has 2 saturated heterocycles. The summed E-state index contributed by atoms with van der Waals surface area (Å²) in [6, 6.07) is 20.8. The van der Waals surface area contributed by atoms with Gasteiger partial charge >= 0.3 is 0 Å². The molecule has 2 unspecified atom stereocenters. The van der Waals surface area contributed by atoms with Gasteiger partial charge in [-0.25, -0.2) is 4.98 Å². The number of nitrogens with one attached hydrogen (secondary N) is 3. The molecule has 0 saturated carbocycles. The number of thiazole rings is 1. The Bertz CT molecular complexity index is 2390. The van der Waals surface area contributed by atoms with E-state index in [1.54, 1.807) is 24.4 Å². The molecule has 3 aliphatic heterocycles. The Balaban J connectivity index is 0.730. The van der Waals surface area contributed by atoms with E-state index in [2.05, 4.69) is 80.4 Å². The first-order valence-electron chi connectivity index (χ1n) is 21.0. The summed E-state index contributed by atoms with van der Waals surface area (Å²) in [6.45, 7) is 10.9. The van der Waals surface area contributed by atoms with Crippen LogP contribution in [-0.4, -0.2) is 103 Å². The van der Waals surface area contributed by atoms with Gasteiger partial charge in [0.25, 0.3) is 11.8 Å². The van der Waals surface area contributed by atoms with Gasteiger partial charge in [-0.1, -0.05) is 55.9 Å². The maximum Gasteiger partial charge on any atom is 0.263 e. The van der Waals surface area contributed by atoms with Crippen LogP contribution in [0.25, 0.3) is 16.6 Å². The Kier molecular flexibility index (Phi) is 13.0. The van der Waals surface area contributed by atoms with E-state index in [4.69, 9.17) is 14.2 Å². The second kappa shape index (κ2) is 19.0. The van der Waals surface area contributed by atoms with Crippen LogP contribution in [0.1, 0.15) is 70.2 Å². The largest absolute Gasteiger partial charge is 0.491 e. The van der Waals surface area contributed by atoms with Crippen molar-refractivity contribution in [3.05, 3.63) is 107 Å². The maximum absolute atomic E-state index is 13.4. The van der Waals surface area contributed by atoms with Crippen LogP contribution in [0.4, 0.5) is 10.8 Å². The standard InChI is InChI=1S/C46H51N7O7S/c1-3-4-7-32(26-31-28-47-39-9-6-5-8-36(31)39)49-44(56)41-29-48-46(61-41)52-20-18-51(19-21-52)33-10-12-34(13-11-33)59-24-22-58-23-25-60-35-14-15-37-38(27-35)30(2)53(45(37)57)40-16-17-42(54)50-43(40)55/h5-6,8-15,27-29,32,40,47H,2-4,7,16-26H2,1H3,(H,49,56)(H,50,54,55). The third kappa shape index (κ3) is 9.58. The SMILES string of the molecule is C=C1c2cc(OCCOCCOc3ccc(N4CCN(c5ncc(C(=O)NC(CCCC)Cc6c[nH]c7ccccc67)s5)CC4)cc3)ccc2C(=O)N1C1CCC(=O)NC1=O. The first-order chi connectivity index (χ1) is 29.7. The molecule has 61 heavy (non-hydrogen) atoms. The van der Waals surface area contributed by atoms with E-state index in [1.165, 1.54) is 27.2 Å². The molecule has 5 aromatic rings. The number of unbranched alkanes of at least 4 members (excludes halogenated alkanes) is 1. The maximum atomic E-state index is 13.4. The summed E-state index contributed by atoms with van der Waals surface area (Å²) in [5, 5.41) is 7.69. The van der Waals surface area contributed by atoms with Crippen LogP contribution in [-0.2, 0) is 20.7 Å². The lowest BCUT2D eigenvalue weighted by Gasteiger charge is -2.36. The van der Waals surface area contributed by atoms with Crippen molar-refractivity contribution in [3.63, 3.8) is 0 Å². The zero-order valence-electron chi connectivity index (χ0n) is 34.3. The molecule has 3 N–H and O–H groups in total. The van der Waals surface area contributed by atoms with Gasteiger partial charge in [-0.15, -0.1) is 0 Å². The second-order valence-corrected chi connectivity index (χ2v) is 16.5. The summed E-state index contributed by atoms with van der Waals surface area (Å²) in [5.74, 6) is 0.111. The number of carbonyl (C=O) groups excluding carboxylic acids is 4. The summed E-state index contributed by atoms with van der Waals surface area (Å²) < 4.78 is 17.5. The fourth-order valence-electron chi connectivity index (χ4n) is 8.14. The molecule has 14 nitrogen and oxygen atoms in total. The highest BCUT2D eigenvalue weighted by Crippen LogP contribution is 2.37. The number of rotatable bonds is 18. The van der Waals surface area contributed by atoms with Gasteiger partial charge in [0.05, 0.1) is 19.4 Å². The Labute approximate surface area is 358 Å². The van der Waals surface area contributed by atoms with Gasteiger partial charge in [-0.05, 0) is 73.4 Å². The highest BCUT2D eigenvalue weighted by atomic mass is 32.1. The number of fused-ring (bicyclic) bond motifs is 2. The second-order valence-electron chi connectivity index (χ2n) is 15.5. The molecule has 2 atom stereocenters. The number of imide groups is 1. The molecule has 15 heteroatoms. The van der Waals surface area contributed by atoms with Crippen molar-refractivity contribution in [1.82, 2.24) is 25.5 Å². The number of hydrogen-bond acceptors (Lipinski definition) is 11. The number of aromatic nitrogens is 2. The fourth-order valence-corrected chi connectivity index (χ4v) is 9.01. The van der Waals surface area contributed by atoms with Gasteiger partial charge in [0, 0.05) is 78.3 Å². The minimum Gasteiger partial charge on any atom is -0.491 e. The van der Waals surface area contributed by atoms with Crippen molar-refractivity contribution in [1.29, 1.82) is 0 Å². The van der Waals surface area contributed by atoms with Crippen molar-refractivity contribution in [2.24, 2.45) is 0 Å². The monoisotopic (exact) mass is 845 g/mol. The number of piperazine rings is 1. The van der Waals surface area contributed by atoms with E-state index in [1.807, 2.05) is 18.2 Å². The van der Waals surface area contributed by atoms with Gasteiger partial charge in [0.2, 0.25) is 11.8 Å². The average molecular weight is 846 g/mol.